The predicted octanol–water partition coefficient (Wildman–Crippen LogP) is 3.54. The highest BCUT2D eigenvalue weighted by molar-refractivity contribution is 7.89. The van der Waals surface area contributed by atoms with Crippen LogP contribution in [0, 0.1) is 0 Å². The summed E-state index contributed by atoms with van der Waals surface area (Å²) in [6.45, 7) is 0.250. The molecule has 0 bridgehead atoms. The Kier molecular flexibility index (Phi) is 4.47. The first-order valence-electron chi connectivity index (χ1n) is 8.31. The first-order chi connectivity index (χ1) is 13.2. The molecule has 0 spiro atoms. The minimum Gasteiger partial charge on any atom is -0.339 e. The van der Waals surface area contributed by atoms with Gasteiger partial charge < -0.3 is 4.52 Å². The highest BCUT2D eigenvalue weighted by Gasteiger charge is 2.40. The topological polar surface area (TPSA) is 76.3 Å². The van der Waals surface area contributed by atoms with Crippen molar-refractivity contribution in [2.75, 3.05) is 13.1 Å². The number of nitrogens with zero attached hydrogens (tertiary/aromatic N) is 3. The van der Waals surface area contributed by atoms with Crippen molar-refractivity contribution in [3.63, 3.8) is 0 Å². The molecule has 4 rings (SSSR count). The van der Waals surface area contributed by atoms with E-state index in [9.17, 15) is 21.6 Å². The molecule has 28 heavy (non-hydrogen) atoms. The number of benzene rings is 2. The Morgan fingerprint density at radius 1 is 1.00 bits per heavy atom. The average molecular weight is 409 g/mol. The molecule has 146 valence electrons. The van der Waals surface area contributed by atoms with Crippen LogP contribution in [0.1, 0.15) is 17.4 Å². The molecule has 10 heteroatoms. The van der Waals surface area contributed by atoms with Crippen molar-refractivity contribution < 1.29 is 26.1 Å². The molecule has 0 unspecified atom stereocenters. The van der Waals surface area contributed by atoms with Gasteiger partial charge in [-0.15, -0.1) is 0 Å². The molecule has 6 nitrogen and oxygen atoms in total. The van der Waals surface area contributed by atoms with Crippen LogP contribution in [0.3, 0.4) is 0 Å². The van der Waals surface area contributed by atoms with Crippen LogP contribution in [0.15, 0.2) is 64.0 Å². The fourth-order valence-electron chi connectivity index (χ4n) is 2.86. The van der Waals surface area contributed by atoms with Gasteiger partial charge in [0.25, 0.3) is 0 Å². The third-order valence-corrected chi connectivity index (χ3v) is 6.34. The van der Waals surface area contributed by atoms with E-state index in [-0.39, 0.29) is 23.9 Å². The van der Waals surface area contributed by atoms with Crippen molar-refractivity contribution >= 4 is 10.0 Å². The Morgan fingerprint density at radius 3 is 2.25 bits per heavy atom. The van der Waals surface area contributed by atoms with E-state index in [4.69, 9.17) is 4.52 Å². The summed E-state index contributed by atoms with van der Waals surface area (Å²) in [5, 5.41) is 3.91. The maximum Gasteiger partial charge on any atom is 0.416 e. The van der Waals surface area contributed by atoms with Crippen molar-refractivity contribution in [1.29, 1.82) is 0 Å². The summed E-state index contributed by atoms with van der Waals surface area (Å²) in [7, 11) is -3.87. The number of sulfonamides is 1. The number of aromatic nitrogens is 2. The summed E-state index contributed by atoms with van der Waals surface area (Å²) in [5.41, 5.74) is -0.113. The number of hydrogen-bond acceptors (Lipinski definition) is 5. The number of rotatable bonds is 4. The maximum atomic E-state index is 12.6. The Balaban J connectivity index is 1.45. The quantitative estimate of drug-likeness (QED) is 0.659. The lowest BCUT2D eigenvalue weighted by Crippen LogP contribution is -2.48. The molecule has 2 aromatic carbocycles. The van der Waals surface area contributed by atoms with Crippen LogP contribution in [0.2, 0.25) is 0 Å². The molecule has 3 aromatic rings. The normalized spacial score (nSPS) is 16.1. The molecule has 0 amide bonds. The molecule has 0 aliphatic carbocycles. The largest absolute Gasteiger partial charge is 0.416 e. The third kappa shape index (κ3) is 3.40. The summed E-state index contributed by atoms with van der Waals surface area (Å²) in [6.07, 6.45) is -4.52. The molecule has 1 fully saturated rings. The van der Waals surface area contributed by atoms with Crippen LogP contribution < -0.4 is 0 Å². The molecule has 1 aromatic heterocycles. The SMILES string of the molecule is O=S(=O)(c1ccc(C(F)(F)F)cc1)N1CC(c2nc(-c3ccccc3)no2)C1. The lowest BCUT2D eigenvalue weighted by molar-refractivity contribution is -0.137. The van der Waals surface area contributed by atoms with Gasteiger partial charge >= 0.3 is 6.18 Å². The van der Waals surface area contributed by atoms with Crippen molar-refractivity contribution in [3.8, 4) is 11.4 Å². The van der Waals surface area contributed by atoms with Gasteiger partial charge in [-0.1, -0.05) is 35.5 Å². The molecular formula is C18H14F3N3O3S. The van der Waals surface area contributed by atoms with Crippen LogP contribution in [-0.4, -0.2) is 36.0 Å². The smallest absolute Gasteiger partial charge is 0.339 e. The summed E-state index contributed by atoms with van der Waals surface area (Å²) < 4.78 is 69.4. The van der Waals surface area contributed by atoms with Crippen molar-refractivity contribution in [1.82, 2.24) is 14.4 Å². The average Bonchev–Trinajstić information content (AvgIpc) is 3.10. The minimum absolute atomic E-state index is 0.125. The number of hydrogen-bond donors (Lipinski definition) is 0. The van der Waals surface area contributed by atoms with Crippen LogP contribution in [-0.2, 0) is 16.2 Å². The Bertz CT molecular complexity index is 1070. The molecule has 0 atom stereocenters. The molecule has 0 radical (unpaired) electrons. The van der Waals surface area contributed by atoms with Gasteiger partial charge in [-0.2, -0.15) is 22.5 Å². The van der Waals surface area contributed by atoms with E-state index in [0.717, 1.165) is 29.8 Å². The van der Waals surface area contributed by atoms with Crippen LogP contribution in [0.4, 0.5) is 13.2 Å². The van der Waals surface area contributed by atoms with Crippen LogP contribution in [0.25, 0.3) is 11.4 Å². The first-order valence-corrected chi connectivity index (χ1v) is 9.75. The molecule has 0 N–H and O–H groups in total. The van der Waals surface area contributed by atoms with Crippen molar-refractivity contribution in [3.05, 3.63) is 66.1 Å². The van der Waals surface area contributed by atoms with Gasteiger partial charge in [-0.3, -0.25) is 0 Å². The second-order valence-electron chi connectivity index (χ2n) is 6.36. The van der Waals surface area contributed by atoms with Gasteiger partial charge in [0.1, 0.15) is 0 Å². The summed E-state index contributed by atoms with van der Waals surface area (Å²) in [5.74, 6) is 0.492. The highest BCUT2D eigenvalue weighted by atomic mass is 32.2. The lowest BCUT2D eigenvalue weighted by atomic mass is 10.0. The number of alkyl halides is 3. The molecular weight excluding hydrogens is 395 g/mol. The second kappa shape index (κ2) is 6.71. The standard InChI is InChI=1S/C18H14F3N3O3S/c19-18(20,21)14-6-8-15(9-7-14)28(25,26)24-10-13(11-24)17-22-16(23-27-17)12-4-2-1-3-5-12/h1-9,13H,10-11H2. The summed E-state index contributed by atoms with van der Waals surface area (Å²) >= 11 is 0. The van der Waals surface area contributed by atoms with E-state index in [1.807, 2.05) is 30.3 Å². The predicted molar refractivity (Wildman–Crippen MR) is 92.7 cm³/mol. The van der Waals surface area contributed by atoms with E-state index in [0.29, 0.717) is 11.7 Å². The van der Waals surface area contributed by atoms with Crippen LogP contribution in [0.5, 0.6) is 0 Å². The van der Waals surface area contributed by atoms with Gasteiger partial charge in [0.2, 0.25) is 21.7 Å². The lowest BCUT2D eigenvalue weighted by Gasteiger charge is -2.35. The van der Waals surface area contributed by atoms with Crippen molar-refractivity contribution in [2.24, 2.45) is 0 Å². The van der Waals surface area contributed by atoms with E-state index in [2.05, 4.69) is 10.1 Å². The zero-order valence-corrected chi connectivity index (χ0v) is 15.1. The Labute approximate surface area is 158 Å². The third-order valence-electron chi connectivity index (χ3n) is 4.49. The zero-order valence-electron chi connectivity index (χ0n) is 14.3. The molecule has 1 saturated heterocycles. The monoisotopic (exact) mass is 409 g/mol. The highest BCUT2D eigenvalue weighted by Crippen LogP contribution is 2.34. The van der Waals surface area contributed by atoms with Gasteiger partial charge in [-0.25, -0.2) is 8.42 Å². The second-order valence-corrected chi connectivity index (χ2v) is 8.30. The van der Waals surface area contributed by atoms with E-state index < -0.39 is 21.8 Å². The molecule has 0 saturated carbocycles. The molecule has 1 aliphatic rings. The minimum atomic E-state index is -4.52. The Hall–Kier alpha value is -2.72. The zero-order chi connectivity index (χ0) is 19.9. The first kappa shape index (κ1) is 18.6. The van der Waals surface area contributed by atoms with Gasteiger partial charge in [0, 0.05) is 18.7 Å². The fourth-order valence-corrected chi connectivity index (χ4v) is 4.39. The summed E-state index contributed by atoms with van der Waals surface area (Å²) in [6, 6.07) is 12.6. The fraction of sp³-hybridized carbons (Fsp3) is 0.222. The van der Waals surface area contributed by atoms with Gasteiger partial charge in [-0.05, 0) is 24.3 Å². The van der Waals surface area contributed by atoms with E-state index in [1.54, 1.807) is 0 Å². The Morgan fingerprint density at radius 2 is 1.64 bits per heavy atom. The number of halogens is 3. The van der Waals surface area contributed by atoms with Crippen molar-refractivity contribution in [2.45, 2.75) is 17.0 Å². The molecule has 1 aliphatic heterocycles. The maximum absolute atomic E-state index is 12.6. The van der Waals surface area contributed by atoms with Gasteiger partial charge in [0.15, 0.2) is 0 Å². The summed E-state index contributed by atoms with van der Waals surface area (Å²) in [4.78, 5) is 4.12. The van der Waals surface area contributed by atoms with Crippen LogP contribution >= 0.6 is 0 Å². The molecule has 2 heterocycles. The van der Waals surface area contributed by atoms with Gasteiger partial charge in [0.05, 0.1) is 16.4 Å². The van der Waals surface area contributed by atoms with E-state index in [1.165, 1.54) is 4.31 Å². The van der Waals surface area contributed by atoms with E-state index >= 15 is 0 Å².